The van der Waals surface area contributed by atoms with Crippen LogP contribution in [0.4, 0.5) is 16.3 Å². The number of allylic oxidation sites excluding steroid dienone is 1. The number of benzene rings is 2. The Labute approximate surface area is 216 Å². The first kappa shape index (κ1) is 26.1. The molecule has 2 heterocycles. The van der Waals surface area contributed by atoms with Crippen molar-refractivity contribution in [2.24, 2.45) is 0 Å². The quantitative estimate of drug-likeness (QED) is 0.356. The Morgan fingerprint density at radius 1 is 0.973 bits per heavy atom. The first-order valence-electron chi connectivity index (χ1n) is 11.8. The van der Waals surface area contributed by atoms with E-state index in [0.717, 1.165) is 11.4 Å². The molecule has 0 bridgehead atoms. The Morgan fingerprint density at radius 2 is 1.65 bits per heavy atom. The summed E-state index contributed by atoms with van der Waals surface area (Å²) < 4.78 is 32.0. The lowest BCUT2D eigenvalue weighted by Gasteiger charge is -2.39. The number of urea groups is 1. The number of rotatable bonds is 7. The van der Waals surface area contributed by atoms with Gasteiger partial charge in [0.1, 0.15) is 5.82 Å². The fraction of sp³-hybridized carbons (Fsp3) is 0.222. The Hall–Kier alpha value is -4.02. The fourth-order valence-corrected chi connectivity index (χ4v) is 4.96. The summed E-state index contributed by atoms with van der Waals surface area (Å²) >= 11 is 0. The van der Waals surface area contributed by atoms with Crippen LogP contribution in [0.5, 0.6) is 0 Å². The third-order valence-corrected chi connectivity index (χ3v) is 7.19. The van der Waals surface area contributed by atoms with Crippen molar-refractivity contribution in [3.63, 3.8) is 0 Å². The molecule has 0 saturated carbocycles. The minimum absolute atomic E-state index is 0.0204. The summed E-state index contributed by atoms with van der Waals surface area (Å²) in [6.07, 6.45) is 4.88. The van der Waals surface area contributed by atoms with Gasteiger partial charge < -0.3 is 15.0 Å². The topological polar surface area (TPSA) is 118 Å². The molecule has 1 aliphatic heterocycles. The number of nitrogens with zero attached hydrogens (tertiary/aromatic N) is 2. The van der Waals surface area contributed by atoms with Crippen molar-refractivity contribution < 1.29 is 22.7 Å². The van der Waals surface area contributed by atoms with Gasteiger partial charge in [-0.25, -0.2) is 22.9 Å². The second kappa shape index (κ2) is 11.4. The number of morpholine rings is 1. The van der Waals surface area contributed by atoms with Crippen LogP contribution in [0.1, 0.15) is 29.8 Å². The normalized spacial score (nSPS) is 17.9. The van der Waals surface area contributed by atoms with Gasteiger partial charge in [-0.2, -0.15) is 0 Å². The third kappa shape index (κ3) is 6.60. The van der Waals surface area contributed by atoms with Gasteiger partial charge in [0.05, 0.1) is 30.2 Å². The summed E-state index contributed by atoms with van der Waals surface area (Å²) in [5.41, 5.74) is 1.55. The molecule has 2 aromatic carbocycles. The van der Waals surface area contributed by atoms with Crippen LogP contribution < -0.4 is 14.9 Å². The zero-order valence-corrected chi connectivity index (χ0v) is 21.3. The number of ketones is 1. The van der Waals surface area contributed by atoms with Crippen LogP contribution >= 0.6 is 0 Å². The van der Waals surface area contributed by atoms with E-state index >= 15 is 0 Å². The number of aromatic nitrogens is 1. The van der Waals surface area contributed by atoms with Crippen molar-refractivity contribution in [2.45, 2.75) is 30.8 Å². The maximum absolute atomic E-state index is 12.6. The van der Waals surface area contributed by atoms with Gasteiger partial charge >= 0.3 is 6.03 Å². The fourth-order valence-electron chi connectivity index (χ4n) is 4.03. The second-order valence-electron chi connectivity index (χ2n) is 8.74. The molecule has 9 nitrogen and oxygen atoms in total. The molecule has 10 heteroatoms. The minimum atomic E-state index is -3.99. The van der Waals surface area contributed by atoms with Crippen LogP contribution in [0.2, 0.25) is 0 Å². The summed E-state index contributed by atoms with van der Waals surface area (Å²) in [4.78, 5) is 31.5. The predicted molar refractivity (Wildman–Crippen MR) is 142 cm³/mol. The van der Waals surface area contributed by atoms with Crippen LogP contribution in [-0.4, -0.2) is 50.5 Å². The van der Waals surface area contributed by atoms with E-state index in [9.17, 15) is 18.0 Å². The van der Waals surface area contributed by atoms with Crippen LogP contribution in [0.3, 0.4) is 0 Å². The van der Waals surface area contributed by atoms with Gasteiger partial charge in [0.2, 0.25) is 0 Å². The first-order chi connectivity index (χ1) is 17.7. The minimum Gasteiger partial charge on any atom is -0.377 e. The molecular formula is C27H28N4O5S. The van der Waals surface area contributed by atoms with E-state index in [4.69, 9.17) is 4.74 Å². The largest absolute Gasteiger partial charge is 0.377 e. The van der Waals surface area contributed by atoms with Crippen molar-refractivity contribution in [3.05, 3.63) is 90.1 Å². The molecule has 192 valence electrons. The van der Waals surface area contributed by atoms with E-state index in [-0.39, 0.29) is 22.8 Å². The first-order valence-corrected chi connectivity index (χ1v) is 13.2. The molecule has 0 radical (unpaired) electrons. The van der Waals surface area contributed by atoms with Crippen LogP contribution in [0.15, 0.2) is 83.9 Å². The number of carbonyl (C=O) groups excluding carboxylic acids is 2. The monoisotopic (exact) mass is 520 g/mol. The Balaban J connectivity index is 1.33. The van der Waals surface area contributed by atoms with E-state index in [2.05, 4.69) is 29.0 Å². The Kier molecular flexibility index (Phi) is 8.00. The highest BCUT2D eigenvalue weighted by atomic mass is 32.2. The second-order valence-corrected chi connectivity index (χ2v) is 10.4. The Morgan fingerprint density at radius 3 is 2.27 bits per heavy atom. The molecule has 1 aromatic heterocycles. The van der Waals surface area contributed by atoms with Gasteiger partial charge in [-0.05, 0) is 80.1 Å². The number of anilines is 2. The van der Waals surface area contributed by atoms with E-state index in [0.29, 0.717) is 24.5 Å². The number of hydrogen-bond donors (Lipinski definition) is 2. The zero-order chi connectivity index (χ0) is 26.4. The van der Waals surface area contributed by atoms with Crippen molar-refractivity contribution in [3.8, 4) is 0 Å². The smallest absolute Gasteiger partial charge is 0.333 e. The number of sulfonamides is 1. The molecule has 0 aliphatic carbocycles. The molecule has 37 heavy (non-hydrogen) atoms. The summed E-state index contributed by atoms with van der Waals surface area (Å²) in [6, 6.07) is 17.1. The average molecular weight is 521 g/mol. The standard InChI is InChI=1S/C27H28N4O5S/c1-19-17-36-18-20(2)31(19)26-15-9-21(16-28-26)8-14-25(32)22-10-12-23(13-11-22)29-27(33)30-37(34,35)24-6-4-3-5-7-24/h3-16,19-20H,17-18H2,1-2H3,(H2,29,30,33). The lowest BCUT2D eigenvalue weighted by atomic mass is 10.1. The van der Waals surface area contributed by atoms with Crippen LogP contribution in [0, 0.1) is 0 Å². The predicted octanol–water partition coefficient (Wildman–Crippen LogP) is 4.10. The van der Waals surface area contributed by atoms with E-state index in [1.54, 1.807) is 42.6 Å². The molecule has 2 N–H and O–H groups in total. The summed E-state index contributed by atoms with van der Waals surface area (Å²) in [5.74, 6) is 0.651. The number of carbonyl (C=O) groups is 2. The molecule has 1 aliphatic rings. The highest BCUT2D eigenvalue weighted by Crippen LogP contribution is 2.22. The van der Waals surface area contributed by atoms with Crippen molar-refractivity contribution in [1.82, 2.24) is 9.71 Å². The molecule has 4 rings (SSSR count). The van der Waals surface area contributed by atoms with E-state index in [1.165, 1.54) is 30.3 Å². The molecular weight excluding hydrogens is 492 g/mol. The number of ether oxygens (including phenoxy) is 1. The van der Waals surface area contributed by atoms with Crippen LogP contribution in [0.25, 0.3) is 6.08 Å². The number of amides is 2. The van der Waals surface area contributed by atoms with Crippen LogP contribution in [-0.2, 0) is 14.8 Å². The third-order valence-electron chi connectivity index (χ3n) is 5.84. The van der Waals surface area contributed by atoms with E-state index in [1.807, 2.05) is 16.9 Å². The molecule has 0 spiro atoms. The maximum Gasteiger partial charge on any atom is 0.333 e. The SMILES string of the molecule is CC1COCC(C)N1c1ccc(C=CC(=O)c2ccc(NC(=O)NS(=O)(=O)c3ccccc3)cc2)cn1. The molecule has 2 unspecified atom stereocenters. The highest BCUT2D eigenvalue weighted by Gasteiger charge is 2.26. The number of pyridine rings is 1. The zero-order valence-electron chi connectivity index (χ0n) is 20.5. The lowest BCUT2D eigenvalue weighted by molar-refractivity contribution is 0.0752. The molecule has 1 fully saturated rings. The molecule has 2 atom stereocenters. The molecule has 2 amide bonds. The molecule has 3 aromatic rings. The number of hydrogen-bond acceptors (Lipinski definition) is 7. The van der Waals surface area contributed by atoms with Crippen molar-refractivity contribution >= 4 is 39.4 Å². The summed E-state index contributed by atoms with van der Waals surface area (Å²) in [6.45, 7) is 5.52. The van der Waals surface area contributed by atoms with Gasteiger partial charge in [0.15, 0.2) is 5.78 Å². The average Bonchev–Trinajstić information content (AvgIpc) is 2.88. The van der Waals surface area contributed by atoms with Crippen molar-refractivity contribution in [2.75, 3.05) is 23.4 Å². The molecule has 1 saturated heterocycles. The maximum atomic E-state index is 12.6. The summed E-state index contributed by atoms with van der Waals surface area (Å²) in [7, 11) is -3.99. The highest BCUT2D eigenvalue weighted by molar-refractivity contribution is 7.90. The van der Waals surface area contributed by atoms with E-state index < -0.39 is 16.1 Å². The summed E-state index contributed by atoms with van der Waals surface area (Å²) in [5, 5.41) is 2.45. The van der Waals surface area contributed by atoms with Gasteiger partial charge in [-0.3, -0.25) is 4.79 Å². The van der Waals surface area contributed by atoms with Gasteiger partial charge in [-0.15, -0.1) is 0 Å². The van der Waals surface area contributed by atoms with Gasteiger partial charge in [-0.1, -0.05) is 18.2 Å². The van der Waals surface area contributed by atoms with Gasteiger partial charge in [0.25, 0.3) is 10.0 Å². The van der Waals surface area contributed by atoms with Crippen molar-refractivity contribution in [1.29, 1.82) is 0 Å². The lowest BCUT2D eigenvalue weighted by Crippen LogP contribution is -2.50. The number of nitrogens with one attached hydrogen (secondary N) is 2. The van der Waals surface area contributed by atoms with Gasteiger partial charge in [0, 0.05) is 17.4 Å². The Bertz CT molecular complexity index is 1360.